The van der Waals surface area contributed by atoms with Crippen molar-refractivity contribution in [3.05, 3.63) is 28.0 Å². The molecule has 9 heteroatoms. The van der Waals surface area contributed by atoms with Crippen LogP contribution in [0.4, 0.5) is 0 Å². The molecule has 0 aliphatic heterocycles. The fourth-order valence-corrected chi connectivity index (χ4v) is 2.46. The van der Waals surface area contributed by atoms with Crippen molar-refractivity contribution < 1.29 is 28.4 Å². The molecule has 0 atom stereocenters. The molecule has 1 N–H and O–H groups in total. The minimum Gasteiger partial charge on any atom is -0.464 e. The molecule has 0 unspecified atom stereocenters. The van der Waals surface area contributed by atoms with Crippen LogP contribution in [0.5, 0.6) is 0 Å². The molecule has 0 saturated carbocycles. The Morgan fingerprint density at radius 1 is 1.43 bits per heavy atom. The fraction of sp³-hybridized carbons (Fsp3) is 0.250. The molecule has 0 bridgehead atoms. The molecule has 0 radical (unpaired) electrons. The third-order valence-corrected chi connectivity index (χ3v) is 3.67. The molecule has 8 nitrogen and oxygen atoms in total. The summed E-state index contributed by atoms with van der Waals surface area (Å²) in [5.41, 5.74) is -0.578. The lowest BCUT2D eigenvalue weighted by molar-refractivity contribution is -0.118. The molecular formula is C12H10N2O6S. The predicted octanol–water partition coefficient (Wildman–Crippen LogP) is 0.203. The topological polar surface area (TPSA) is 116 Å². The maximum Gasteiger partial charge on any atom is 0.361 e. The number of methoxy groups -OCH3 is 1. The summed E-state index contributed by atoms with van der Waals surface area (Å²) in [7, 11) is 2.58. The highest BCUT2D eigenvalue weighted by Gasteiger charge is 2.36. The Labute approximate surface area is 122 Å². The predicted molar refractivity (Wildman–Crippen MR) is 71.1 cm³/mol. The molecule has 1 aliphatic carbocycles. The first-order valence-electron chi connectivity index (χ1n) is 5.71. The van der Waals surface area contributed by atoms with Gasteiger partial charge in [0.2, 0.25) is 28.9 Å². The van der Waals surface area contributed by atoms with E-state index >= 15 is 0 Å². The number of amides is 1. The monoisotopic (exact) mass is 310 g/mol. The SMILES string of the molecule is CNC(=O)CSC1=CC(=O)c2onc(C(=O)OC)c2C1=O. The van der Waals surface area contributed by atoms with Crippen molar-refractivity contribution in [2.24, 2.45) is 0 Å². The van der Waals surface area contributed by atoms with Crippen LogP contribution in [0.1, 0.15) is 31.4 Å². The smallest absolute Gasteiger partial charge is 0.361 e. The number of Topliss-reactive ketones (excluding diaryl/α,β-unsaturated/α-hetero) is 1. The van der Waals surface area contributed by atoms with Gasteiger partial charge in [-0.05, 0) is 0 Å². The molecule has 2 rings (SSSR count). The zero-order chi connectivity index (χ0) is 15.6. The first kappa shape index (κ1) is 15.0. The normalized spacial score (nSPS) is 13.5. The van der Waals surface area contributed by atoms with Crippen LogP contribution in [-0.2, 0) is 9.53 Å². The van der Waals surface area contributed by atoms with Crippen LogP contribution in [0.2, 0.25) is 0 Å². The van der Waals surface area contributed by atoms with Crippen LogP contribution in [0.15, 0.2) is 15.5 Å². The van der Waals surface area contributed by atoms with Crippen LogP contribution >= 0.6 is 11.8 Å². The Morgan fingerprint density at radius 3 is 2.76 bits per heavy atom. The molecular weight excluding hydrogens is 300 g/mol. The minimum absolute atomic E-state index is 0.0322. The molecule has 1 aromatic heterocycles. The highest BCUT2D eigenvalue weighted by atomic mass is 32.2. The average Bonchev–Trinajstić information content (AvgIpc) is 2.93. The van der Waals surface area contributed by atoms with Crippen LogP contribution in [0, 0.1) is 0 Å². The zero-order valence-corrected chi connectivity index (χ0v) is 11.9. The highest BCUT2D eigenvalue weighted by Crippen LogP contribution is 2.30. The Kier molecular flexibility index (Phi) is 4.22. The summed E-state index contributed by atoms with van der Waals surface area (Å²) in [6, 6.07) is 0. The lowest BCUT2D eigenvalue weighted by Gasteiger charge is -2.09. The standard InChI is InChI=1S/C12H10N2O6S/c1-13-7(16)4-21-6-3-5(15)11-8(10(6)17)9(14-20-11)12(18)19-2/h3H,4H2,1-2H3,(H,13,16). The number of thioether (sulfide) groups is 1. The summed E-state index contributed by atoms with van der Waals surface area (Å²) in [5.74, 6) is -2.70. The molecule has 0 spiro atoms. The first-order valence-corrected chi connectivity index (χ1v) is 6.70. The molecule has 1 aliphatic rings. The lowest BCUT2D eigenvalue weighted by atomic mass is 10.00. The second-order valence-corrected chi connectivity index (χ2v) is 4.91. The van der Waals surface area contributed by atoms with Crippen molar-refractivity contribution in [2.75, 3.05) is 19.9 Å². The molecule has 1 amide bonds. The zero-order valence-electron chi connectivity index (χ0n) is 11.1. The Bertz CT molecular complexity index is 675. The number of rotatable bonds is 4. The van der Waals surface area contributed by atoms with Gasteiger partial charge in [0.1, 0.15) is 5.56 Å². The summed E-state index contributed by atoms with van der Waals surface area (Å²) in [6.45, 7) is 0. The van der Waals surface area contributed by atoms with Crippen molar-refractivity contribution in [3.8, 4) is 0 Å². The Balaban J connectivity index is 2.33. The number of carbonyl (C=O) groups excluding carboxylic acids is 4. The largest absolute Gasteiger partial charge is 0.464 e. The number of ketones is 2. The number of ether oxygens (including phenoxy) is 1. The average molecular weight is 310 g/mol. The summed E-state index contributed by atoms with van der Waals surface area (Å²) in [6.07, 6.45) is 1.06. The first-order chi connectivity index (χ1) is 9.99. The van der Waals surface area contributed by atoms with E-state index in [0.717, 1.165) is 24.9 Å². The quantitative estimate of drug-likeness (QED) is 0.784. The van der Waals surface area contributed by atoms with E-state index < -0.39 is 17.5 Å². The number of nitrogens with one attached hydrogen (secondary N) is 1. The van der Waals surface area contributed by atoms with E-state index in [-0.39, 0.29) is 33.6 Å². The summed E-state index contributed by atoms with van der Waals surface area (Å²) < 4.78 is 9.21. The molecule has 0 saturated heterocycles. The number of carbonyl (C=O) groups is 4. The van der Waals surface area contributed by atoms with Gasteiger partial charge >= 0.3 is 5.97 Å². The molecule has 0 fully saturated rings. The second-order valence-electron chi connectivity index (χ2n) is 3.89. The van der Waals surface area contributed by atoms with Crippen LogP contribution in [-0.4, -0.2) is 48.5 Å². The van der Waals surface area contributed by atoms with Crippen molar-refractivity contribution in [1.82, 2.24) is 10.5 Å². The Hall–Kier alpha value is -2.42. The van der Waals surface area contributed by atoms with Gasteiger partial charge in [-0.1, -0.05) is 5.16 Å². The van der Waals surface area contributed by atoms with Crippen LogP contribution < -0.4 is 5.32 Å². The van der Waals surface area contributed by atoms with Gasteiger partial charge in [-0.2, -0.15) is 0 Å². The van der Waals surface area contributed by atoms with E-state index in [4.69, 9.17) is 4.52 Å². The van der Waals surface area contributed by atoms with Crippen molar-refractivity contribution in [2.45, 2.75) is 0 Å². The van der Waals surface area contributed by atoms with Gasteiger partial charge in [-0.3, -0.25) is 14.4 Å². The van der Waals surface area contributed by atoms with Gasteiger partial charge in [0.25, 0.3) is 0 Å². The number of hydrogen-bond acceptors (Lipinski definition) is 8. The van der Waals surface area contributed by atoms with Crippen LogP contribution in [0.3, 0.4) is 0 Å². The molecule has 110 valence electrons. The molecule has 21 heavy (non-hydrogen) atoms. The third-order valence-electron chi connectivity index (χ3n) is 2.65. The number of fused-ring (bicyclic) bond motifs is 1. The van der Waals surface area contributed by atoms with E-state index in [1.165, 1.54) is 7.05 Å². The van der Waals surface area contributed by atoms with Crippen molar-refractivity contribution in [1.29, 1.82) is 0 Å². The van der Waals surface area contributed by atoms with Crippen molar-refractivity contribution >= 4 is 35.2 Å². The lowest BCUT2D eigenvalue weighted by Crippen LogP contribution is -2.22. The highest BCUT2D eigenvalue weighted by molar-refractivity contribution is 8.04. The number of nitrogens with zero attached hydrogens (tertiary/aromatic N) is 1. The number of aromatic nitrogens is 1. The second kappa shape index (κ2) is 5.92. The van der Waals surface area contributed by atoms with E-state index in [1.807, 2.05) is 0 Å². The molecule has 1 aromatic rings. The number of allylic oxidation sites excluding steroid dienone is 2. The molecule has 1 heterocycles. The fourth-order valence-electron chi connectivity index (χ4n) is 1.60. The van der Waals surface area contributed by atoms with E-state index in [1.54, 1.807) is 0 Å². The van der Waals surface area contributed by atoms with Crippen molar-refractivity contribution in [3.63, 3.8) is 0 Å². The number of esters is 1. The summed E-state index contributed by atoms with van der Waals surface area (Å²) in [4.78, 5) is 46.9. The maximum absolute atomic E-state index is 12.3. The van der Waals surface area contributed by atoms with Gasteiger partial charge in [0, 0.05) is 13.1 Å². The van der Waals surface area contributed by atoms with Gasteiger partial charge in [-0.15, -0.1) is 11.8 Å². The summed E-state index contributed by atoms with van der Waals surface area (Å²) >= 11 is 0.894. The van der Waals surface area contributed by atoms with E-state index in [0.29, 0.717) is 0 Å². The minimum atomic E-state index is -0.876. The maximum atomic E-state index is 12.3. The molecule has 0 aromatic carbocycles. The van der Waals surface area contributed by atoms with Gasteiger partial charge in [0.15, 0.2) is 0 Å². The van der Waals surface area contributed by atoms with Gasteiger partial charge in [0.05, 0.1) is 17.8 Å². The third kappa shape index (κ3) is 2.72. The van der Waals surface area contributed by atoms with Gasteiger partial charge < -0.3 is 14.6 Å². The summed E-state index contributed by atoms with van der Waals surface area (Å²) in [5, 5.41) is 5.80. The van der Waals surface area contributed by atoms with Gasteiger partial charge in [-0.25, -0.2) is 4.79 Å². The van der Waals surface area contributed by atoms with Crippen LogP contribution in [0.25, 0.3) is 0 Å². The van der Waals surface area contributed by atoms with E-state index in [2.05, 4.69) is 15.2 Å². The number of hydrogen-bond donors (Lipinski definition) is 1. The Morgan fingerprint density at radius 2 is 2.14 bits per heavy atom. The van der Waals surface area contributed by atoms with E-state index in [9.17, 15) is 19.2 Å².